The zero-order chi connectivity index (χ0) is 11.7. The number of aryl methyl sites for hydroxylation is 1. The highest BCUT2D eigenvalue weighted by atomic mass is 16.4. The fraction of sp³-hybridized carbons (Fsp3) is 0.250. The van der Waals surface area contributed by atoms with Crippen molar-refractivity contribution in [3.05, 3.63) is 48.0 Å². The van der Waals surface area contributed by atoms with Crippen molar-refractivity contribution in [1.29, 1.82) is 0 Å². The lowest BCUT2D eigenvalue weighted by Crippen LogP contribution is -2.27. The van der Waals surface area contributed by atoms with Crippen molar-refractivity contribution >= 4 is 5.71 Å². The molecule has 0 aliphatic heterocycles. The first-order chi connectivity index (χ1) is 8.40. The van der Waals surface area contributed by atoms with Gasteiger partial charge in [-0.2, -0.15) is 5.10 Å². The van der Waals surface area contributed by atoms with Gasteiger partial charge < -0.3 is 5.21 Å². The second-order valence-electron chi connectivity index (χ2n) is 4.07. The first-order valence-corrected chi connectivity index (χ1v) is 5.54. The van der Waals surface area contributed by atoms with Gasteiger partial charge >= 0.3 is 0 Å². The van der Waals surface area contributed by atoms with E-state index in [1.165, 1.54) is 11.9 Å². The van der Waals surface area contributed by atoms with Gasteiger partial charge in [-0.3, -0.25) is 0 Å². The van der Waals surface area contributed by atoms with Crippen molar-refractivity contribution in [3.8, 4) is 0 Å². The molecule has 0 amide bonds. The summed E-state index contributed by atoms with van der Waals surface area (Å²) >= 11 is 0. The maximum absolute atomic E-state index is 9.23. The molecule has 17 heavy (non-hydrogen) atoms. The minimum absolute atomic E-state index is 0.0302. The minimum atomic E-state index is -0.0302. The van der Waals surface area contributed by atoms with E-state index in [1.54, 1.807) is 11.0 Å². The molecular weight excluding hydrogens is 216 g/mol. The number of rotatable bonds is 1. The van der Waals surface area contributed by atoms with Crippen LogP contribution in [0.1, 0.15) is 23.6 Å². The Morgan fingerprint density at radius 1 is 1.35 bits per heavy atom. The van der Waals surface area contributed by atoms with E-state index in [1.807, 2.05) is 18.2 Å². The van der Waals surface area contributed by atoms with Crippen LogP contribution in [0.15, 0.2) is 42.1 Å². The third-order valence-electron chi connectivity index (χ3n) is 3.16. The van der Waals surface area contributed by atoms with Crippen molar-refractivity contribution < 1.29 is 5.21 Å². The average molecular weight is 228 g/mol. The smallest absolute Gasteiger partial charge is 0.137 e. The summed E-state index contributed by atoms with van der Waals surface area (Å²) in [5.41, 5.74) is 2.88. The molecule has 0 saturated carbocycles. The van der Waals surface area contributed by atoms with E-state index in [0.29, 0.717) is 5.71 Å². The summed E-state index contributed by atoms with van der Waals surface area (Å²) in [4.78, 5) is 3.94. The van der Waals surface area contributed by atoms with Crippen molar-refractivity contribution in [2.45, 2.75) is 18.9 Å². The van der Waals surface area contributed by atoms with Crippen LogP contribution in [0.4, 0.5) is 0 Å². The highest BCUT2D eigenvalue weighted by Gasteiger charge is 2.27. The van der Waals surface area contributed by atoms with Gasteiger partial charge in [-0.1, -0.05) is 29.4 Å². The molecule has 1 aliphatic rings. The molecule has 1 heterocycles. The molecule has 3 rings (SSSR count). The van der Waals surface area contributed by atoms with Crippen LogP contribution < -0.4 is 0 Å². The molecule has 0 saturated heterocycles. The van der Waals surface area contributed by atoms with Crippen LogP contribution in [-0.4, -0.2) is 25.7 Å². The van der Waals surface area contributed by atoms with Crippen LogP contribution in [0.3, 0.4) is 0 Å². The van der Waals surface area contributed by atoms with Gasteiger partial charge in [0.1, 0.15) is 18.4 Å². The number of hydrogen-bond donors (Lipinski definition) is 1. The third-order valence-corrected chi connectivity index (χ3v) is 3.16. The summed E-state index contributed by atoms with van der Waals surface area (Å²) in [6.45, 7) is 0. The molecule has 0 bridgehead atoms. The van der Waals surface area contributed by atoms with E-state index in [2.05, 4.69) is 21.3 Å². The predicted molar refractivity (Wildman–Crippen MR) is 62.1 cm³/mol. The van der Waals surface area contributed by atoms with Gasteiger partial charge in [0.05, 0.1) is 6.04 Å². The molecule has 86 valence electrons. The van der Waals surface area contributed by atoms with Gasteiger partial charge in [0.25, 0.3) is 0 Å². The Bertz CT molecular complexity index is 547. The quantitative estimate of drug-likeness (QED) is 0.596. The van der Waals surface area contributed by atoms with E-state index < -0.39 is 0 Å². The third kappa shape index (κ3) is 1.60. The summed E-state index contributed by atoms with van der Waals surface area (Å²) in [5.74, 6) is 0. The summed E-state index contributed by atoms with van der Waals surface area (Å²) < 4.78 is 1.74. The van der Waals surface area contributed by atoms with Crippen molar-refractivity contribution in [2.75, 3.05) is 0 Å². The number of fused-ring (bicyclic) bond motifs is 1. The first-order valence-electron chi connectivity index (χ1n) is 5.54. The number of hydrogen-bond acceptors (Lipinski definition) is 4. The van der Waals surface area contributed by atoms with Crippen LogP contribution in [0.25, 0.3) is 0 Å². The Morgan fingerprint density at radius 3 is 3.00 bits per heavy atom. The molecule has 1 N–H and O–H groups in total. The van der Waals surface area contributed by atoms with Crippen LogP contribution >= 0.6 is 0 Å². The Hall–Kier alpha value is -2.17. The lowest BCUT2D eigenvalue weighted by Gasteiger charge is -2.25. The van der Waals surface area contributed by atoms with E-state index in [-0.39, 0.29) is 6.04 Å². The average Bonchev–Trinajstić information content (AvgIpc) is 2.91. The predicted octanol–water partition coefficient (Wildman–Crippen LogP) is 1.64. The molecule has 1 aromatic carbocycles. The molecule has 1 aliphatic carbocycles. The van der Waals surface area contributed by atoms with Gasteiger partial charge in [-0.25, -0.2) is 9.67 Å². The summed E-state index contributed by atoms with van der Waals surface area (Å²) in [7, 11) is 0. The number of oxime groups is 1. The number of benzene rings is 1. The van der Waals surface area contributed by atoms with E-state index in [4.69, 9.17) is 0 Å². The van der Waals surface area contributed by atoms with Crippen LogP contribution in [0.2, 0.25) is 0 Å². The standard InChI is InChI=1S/C12H12N4O/c17-15-12-10-4-2-1-3-9(10)5-6-11(12)16-8-13-7-14-16/h1-4,7-8,11,17H,5-6H2. The van der Waals surface area contributed by atoms with Crippen molar-refractivity contribution in [1.82, 2.24) is 14.8 Å². The largest absolute Gasteiger partial charge is 0.411 e. The Morgan fingerprint density at radius 2 is 2.24 bits per heavy atom. The molecule has 1 unspecified atom stereocenters. The topological polar surface area (TPSA) is 63.3 Å². The summed E-state index contributed by atoms with van der Waals surface area (Å²) in [5, 5.41) is 16.8. The Labute approximate surface area is 98.4 Å². The van der Waals surface area contributed by atoms with E-state index in [0.717, 1.165) is 18.4 Å². The zero-order valence-electron chi connectivity index (χ0n) is 9.19. The molecule has 5 heteroatoms. The molecule has 5 nitrogen and oxygen atoms in total. The highest BCUT2D eigenvalue weighted by Crippen LogP contribution is 2.28. The van der Waals surface area contributed by atoms with Crippen LogP contribution in [-0.2, 0) is 6.42 Å². The lowest BCUT2D eigenvalue weighted by atomic mass is 9.86. The SMILES string of the molecule is ON=C1c2ccccc2CCC1n1cncn1. The maximum atomic E-state index is 9.23. The molecular formula is C12H12N4O. The minimum Gasteiger partial charge on any atom is -0.411 e. The monoisotopic (exact) mass is 228 g/mol. The first kappa shape index (κ1) is 10.0. The van der Waals surface area contributed by atoms with Crippen molar-refractivity contribution in [2.24, 2.45) is 5.16 Å². The van der Waals surface area contributed by atoms with Gasteiger partial charge in [-0.15, -0.1) is 0 Å². The Kier molecular flexibility index (Phi) is 2.36. The fourth-order valence-corrected chi connectivity index (χ4v) is 2.35. The van der Waals surface area contributed by atoms with E-state index in [9.17, 15) is 5.21 Å². The summed E-state index contributed by atoms with van der Waals surface area (Å²) in [6.07, 6.45) is 4.98. The van der Waals surface area contributed by atoms with Crippen LogP contribution in [0, 0.1) is 0 Å². The second kappa shape index (κ2) is 4.01. The highest BCUT2D eigenvalue weighted by molar-refractivity contribution is 6.05. The van der Waals surface area contributed by atoms with Crippen molar-refractivity contribution in [3.63, 3.8) is 0 Å². The molecule has 0 radical (unpaired) electrons. The fourth-order valence-electron chi connectivity index (χ4n) is 2.35. The molecule has 0 fully saturated rings. The molecule has 1 aromatic heterocycles. The van der Waals surface area contributed by atoms with Crippen LogP contribution in [0.5, 0.6) is 0 Å². The number of nitrogens with zero attached hydrogens (tertiary/aromatic N) is 4. The van der Waals surface area contributed by atoms with Gasteiger partial charge in [0, 0.05) is 5.56 Å². The normalized spacial score (nSPS) is 21.4. The Balaban J connectivity index is 2.07. The molecule has 1 atom stereocenters. The van der Waals surface area contributed by atoms with Gasteiger partial charge in [-0.05, 0) is 18.4 Å². The van der Waals surface area contributed by atoms with Gasteiger partial charge in [0.15, 0.2) is 0 Å². The lowest BCUT2D eigenvalue weighted by molar-refractivity contribution is 0.312. The second-order valence-corrected chi connectivity index (χ2v) is 4.07. The zero-order valence-corrected chi connectivity index (χ0v) is 9.19. The summed E-state index contributed by atoms with van der Waals surface area (Å²) in [6, 6.07) is 7.97. The molecule has 2 aromatic rings. The maximum Gasteiger partial charge on any atom is 0.137 e. The van der Waals surface area contributed by atoms with E-state index >= 15 is 0 Å². The number of aromatic nitrogens is 3. The molecule has 0 spiro atoms. The van der Waals surface area contributed by atoms with Gasteiger partial charge in [0.2, 0.25) is 0 Å².